The minimum Gasteiger partial charge on any atom is -0.449 e. The summed E-state index contributed by atoms with van der Waals surface area (Å²) in [5, 5.41) is 3.47. The molecule has 1 aromatic heterocycles. The van der Waals surface area contributed by atoms with Crippen LogP contribution in [0.3, 0.4) is 0 Å². The van der Waals surface area contributed by atoms with Gasteiger partial charge in [0.1, 0.15) is 11.4 Å². The Kier molecular flexibility index (Phi) is 6.61. The fourth-order valence-corrected chi connectivity index (χ4v) is 2.94. The second-order valence-electron chi connectivity index (χ2n) is 6.55. The summed E-state index contributed by atoms with van der Waals surface area (Å²) in [5.74, 6) is -1.44. The van der Waals surface area contributed by atoms with Crippen molar-refractivity contribution in [1.29, 1.82) is 0 Å². The lowest BCUT2D eigenvalue weighted by Gasteiger charge is -2.13. The Hall–Kier alpha value is -3.19. The first-order valence-electron chi connectivity index (χ1n) is 9.22. The molecule has 1 heterocycles. The van der Waals surface area contributed by atoms with Crippen LogP contribution in [0.5, 0.6) is 0 Å². The van der Waals surface area contributed by atoms with Crippen LogP contribution in [0, 0.1) is 5.82 Å². The Morgan fingerprint density at radius 2 is 1.86 bits per heavy atom. The predicted molar refractivity (Wildman–Crippen MR) is 105 cm³/mol. The van der Waals surface area contributed by atoms with Crippen LogP contribution in [0.2, 0.25) is 0 Å². The van der Waals surface area contributed by atoms with Crippen LogP contribution >= 0.6 is 0 Å². The highest BCUT2D eigenvalue weighted by Gasteiger charge is 2.25. The number of hydrogen-bond donors (Lipinski definition) is 1. The first kappa shape index (κ1) is 20.5. The van der Waals surface area contributed by atoms with E-state index in [0.29, 0.717) is 24.1 Å². The van der Waals surface area contributed by atoms with E-state index in [4.69, 9.17) is 13.9 Å². The van der Waals surface area contributed by atoms with E-state index in [1.54, 1.807) is 24.3 Å². The number of ether oxygens (including phenoxy) is 2. The number of carbonyl (C=O) groups is 2. The zero-order chi connectivity index (χ0) is 20.8. The van der Waals surface area contributed by atoms with Crippen LogP contribution in [-0.4, -0.2) is 31.6 Å². The number of amides is 1. The van der Waals surface area contributed by atoms with Crippen molar-refractivity contribution in [3.8, 4) is 0 Å². The topological polar surface area (TPSA) is 77.8 Å². The molecule has 0 fully saturated rings. The number of halogens is 1. The van der Waals surface area contributed by atoms with E-state index in [1.807, 2.05) is 12.1 Å². The van der Waals surface area contributed by atoms with Crippen LogP contribution in [-0.2, 0) is 27.3 Å². The zero-order valence-corrected chi connectivity index (χ0v) is 16.2. The van der Waals surface area contributed by atoms with Gasteiger partial charge in [0.05, 0.1) is 6.61 Å². The third-order valence-corrected chi connectivity index (χ3v) is 4.45. The highest BCUT2D eigenvalue weighted by atomic mass is 19.1. The van der Waals surface area contributed by atoms with Crippen LogP contribution in [0.1, 0.15) is 28.6 Å². The molecule has 0 aliphatic rings. The third kappa shape index (κ3) is 5.00. The maximum Gasteiger partial charge on any atom is 0.375 e. The fourth-order valence-electron chi connectivity index (χ4n) is 2.94. The molecule has 0 saturated heterocycles. The van der Waals surface area contributed by atoms with Crippen molar-refractivity contribution in [2.75, 3.05) is 13.7 Å². The predicted octanol–water partition coefficient (Wildman–Crippen LogP) is 3.62. The summed E-state index contributed by atoms with van der Waals surface area (Å²) in [6, 6.07) is 13.3. The maximum atomic E-state index is 12.9. The Bertz CT molecular complexity index is 996. The largest absolute Gasteiger partial charge is 0.449 e. The van der Waals surface area contributed by atoms with Gasteiger partial charge in [-0.25, -0.2) is 9.18 Å². The number of rotatable bonds is 8. The van der Waals surface area contributed by atoms with Crippen molar-refractivity contribution >= 4 is 22.8 Å². The molecule has 0 aliphatic carbocycles. The first-order valence-corrected chi connectivity index (χ1v) is 9.22. The van der Waals surface area contributed by atoms with Gasteiger partial charge in [0, 0.05) is 24.6 Å². The van der Waals surface area contributed by atoms with Crippen LogP contribution in [0.15, 0.2) is 52.9 Å². The van der Waals surface area contributed by atoms with E-state index in [1.165, 1.54) is 26.2 Å². The van der Waals surface area contributed by atoms with Gasteiger partial charge in [-0.05, 0) is 37.1 Å². The molecular formula is C22H22FNO5. The summed E-state index contributed by atoms with van der Waals surface area (Å²) in [4.78, 5) is 24.8. The summed E-state index contributed by atoms with van der Waals surface area (Å²) >= 11 is 0. The molecule has 1 atom stereocenters. The van der Waals surface area contributed by atoms with Gasteiger partial charge in [0.15, 0.2) is 6.10 Å². The molecule has 2 aromatic carbocycles. The van der Waals surface area contributed by atoms with Gasteiger partial charge < -0.3 is 19.2 Å². The number of furan rings is 1. The highest BCUT2D eigenvalue weighted by molar-refractivity contribution is 5.97. The summed E-state index contributed by atoms with van der Waals surface area (Å²) in [6.45, 7) is 2.01. The van der Waals surface area contributed by atoms with Gasteiger partial charge in [-0.15, -0.1) is 0 Å². The zero-order valence-electron chi connectivity index (χ0n) is 16.2. The number of methoxy groups -OCH3 is 1. The molecule has 0 aliphatic heterocycles. The van der Waals surface area contributed by atoms with E-state index in [2.05, 4.69) is 5.32 Å². The van der Waals surface area contributed by atoms with Crippen molar-refractivity contribution < 1.29 is 27.9 Å². The molecule has 0 radical (unpaired) electrons. The number of fused-ring (bicyclic) bond motifs is 1. The molecule has 3 rings (SSSR count). The molecule has 6 nitrogen and oxygen atoms in total. The number of para-hydroxylation sites is 1. The normalized spacial score (nSPS) is 12.0. The van der Waals surface area contributed by atoms with Gasteiger partial charge in [-0.1, -0.05) is 30.3 Å². The number of nitrogens with one attached hydrogen (secondary N) is 1. The summed E-state index contributed by atoms with van der Waals surface area (Å²) in [7, 11) is 1.52. The molecule has 3 aromatic rings. The molecule has 1 N–H and O–H groups in total. The second kappa shape index (κ2) is 9.34. The van der Waals surface area contributed by atoms with Crippen molar-refractivity contribution in [3.63, 3.8) is 0 Å². The Labute approximate surface area is 167 Å². The minimum atomic E-state index is -1.00. The summed E-state index contributed by atoms with van der Waals surface area (Å²) in [5.41, 5.74) is 2.02. The van der Waals surface area contributed by atoms with Crippen molar-refractivity contribution in [3.05, 3.63) is 71.2 Å². The second-order valence-corrected chi connectivity index (χ2v) is 6.55. The molecule has 1 amide bonds. The van der Waals surface area contributed by atoms with Gasteiger partial charge in [-0.3, -0.25) is 4.79 Å². The molecule has 0 unspecified atom stereocenters. The van der Waals surface area contributed by atoms with E-state index in [-0.39, 0.29) is 18.2 Å². The van der Waals surface area contributed by atoms with Gasteiger partial charge >= 0.3 is 5.97 Å². The Balaban J connectivity index is 1.59. The molecule has 0 bridgehead atoms. The van der Waals surface area contributed by atoms with Crippen LogP contribution in [0.4, 0.5) is 4.39 Å². The SMILES string of the molecule is COCc1c(C(=O)O[C@@H](C)C(=O)NCCc2ccc(F)cc2)oc2ccccc12. The van der Waals surface area contributed by atoms with E-state index in [9.17, 15) is 14.0 Å². The fraction of sp³-hybridized carbons (Fsp3) is 0.273. The van der Waals surface area contributed by atoms with Gasteiger partial charge in [0.2, 0.25) is 5.76 Å². The average molecular weight is 399 g/mol. The van der Waals surface area contributed by atoms with E-state index in [0.717, 1.165) is 10.9 Å². The standard InChI is InChI=1S/C22H22FNO5/c1-14(21(25)24-12-11-15-7-9-16(23)10-8-15)28-22(26)20-18(13-27-2)17-5-3-4-6-19(17)29-20/h3-10,14H,11-13H2,1-2H3,(H,24,25)/t14-/m0/s1. The molecule has 0 spiro atoms. The highest BCUT2D eigenvalue weighted by Crippen LogP contribution is 2.27. The quantitative estimate of drug-likeness (QED) is 0.586. The molecular weight excluding hydrogens is 377 g/mol. The smallest absolute Gasteiger partial charge is 0.375 e. The monoisotopic (exact) mass is 399 g/mol. The Morgan fingerprint density at radius 3 is 2.59 bits per heavy atom. The lowest BCUT2D eigenvalue weighted by atomic mass is 10.1. The maximum absolute atomic E-state index is 12.9. The van der Waals surface area contributed by atoms with Crippen LogP contribution < -0.4 is 5.32 Å². The first-order chi connectivity index (χ1) is 14.0. The van der Waals surface area contributed by atoms with E-state index < -0.39 is 18.0 Å². The molecule has 152 valence electrons. The molecule has 29 heavy (non-hydrogen) atoms. The summed E-state index contributed by atoms with van der Waals surface area (Å²) in [6.07, 6.45) is -0.465. The number of esters is 1. The lowest BCUT2D eigenvalue weighted by Crippen LogP contribution is -2.37. The molecule has 7 heteroatoms. The number of hydrogen-bond acceptors (Lipinski definition) is 5. The number of benzene rings is 2. The minimum absolute atomic E-state index is 0.0269. The van der Waals surface area contributed by atoms with Gasteiger partial charge in [0.25, 0.3) is 5.91 Å². The molecule has 0 saturated carbocycles. The van der Waals surface area contributed by atoms with Gasteiger partial charge in [-0.2, -0.15) is 0 Å². The van der Waals surface area contributed by atoms with Crippen LogP contribution in [0.25, 0.3) is 11.0 Å². The van der Waals surface area contributed by atoms with Crippen molar-refractivity contribution in [2.45, 2.75) is 26.1 Å². The third-order valence-electron chi connectivity index (χ3n) is 4.45. The summed E-state index contributed by atoms with van der Waals surface area (Å²) < 4.78 is 29.0. The lowest BCUT2D eigenvalue weighted by molar-refractivity contribution is -0.129. The van der Waals surface area contributed by atoms with Crippen molar-refractivity contribution in [1.82, 2.24) is 5.32 Å². The van der Waals surface area contributed by atoms with E-state index >= 15 is 0 Å². The number of carbonyl (C=O) groups excluding carboxylic acids is 2. The average Bonchev–Trinajstić information content (AvgIpc) is 3.08. The van der Waals surface area contributed by atoms with Crippen molar-refractivity contribution in [2.24, 2.45) is 0 Å². The Morgan fingerprint density at radius 1 is 1.14 bits per heavy atom.